The molecule has 0 unspecified atom stereocenters. The largest absolute Gasteiger partial charge is 0.479 e. The lowest BCUT2D eigenvalue weighted by Crippen LogP contribution is -2.58. The number of rotatable bonds is 3. The second kappa shape index (κ2) is 5.05. The molecular formula is C13H13N3O6S2. The van der Waals surface area contributed by atoms with Crippen LogP contribution in [0.2, 0.25) is 0 Å². The highest BCUT2D eigenvalue weighted by Gasteiger charge is 2.51. The second-order valence-corrected chi connectivity index (χ2v) is 8.36. The van der Waals surface area contributed by atoms with E-state index in [4.69, 9.17) is 4.42 Å². The molecule has 128 valence electrons. The Kier molecular flexibility index (Phi) is 3.46. The number of fused-ring (bicyclic) bond motifs is 1. The number of carboxylic acids is 1. The van der Waals surface area contributed by atoms with Crippen molar-refractivity contribution in [1.82, 2.24) is 9.29 Å². The summed E-state index contributed by atoms with van der Waals surface area (Å²) < 4.78 is 31.4. The molecule has 0 spiro atoms. The molecule has 0 atom stereocenters. The highest BCUT2D eigenvalue weighted by Crippen LogP contribution is 2.46. The summed E-state index contributed by atoms with van der Waals surface area (Å²) >= 11 is 1.01. The lowest BCUT2D eigenvalue weighted by atomic mass is 10.1. The molecule has 2 aromatic heterocycles. The fraction of sp³-hybridized carbons (Fsp3) is 0.308. The molecule has 0 saturated carbocycles. The Balaban J connectivity index is 2.24. The minimum atomic E-state index is -4.35. The van der Waals surface area contributed by atoms with Crippen LogP contribution in [-0.4, -0.2) is 40.4 Å². The van der Waals surface area contributed by atoms with Gasteiger partial charge in [-0.1, -0.05) is 0 Å². The number of carbonyl (C=O) groups excluding carboxylic acids is 1. The van der Waals surface area contributed by atoms with Gasteiger partial charge in [0.25, 0.3) is 10.0 Å². The van der Waals surface area contributed by atoms with Crippen molar-refractivity contribution in [3.63, 3.8) is 0 Å². The van der Waals surface area contributed by atoms with E-state index in [9.17, 15) is 23.1 Å². The Morgan fingerprint density at radius 3 is 2.67 bits per heavy atom. The van der Waals surface area contributed by atoms with Crippen LogP contribution in [0.1, 0.15) is 19.4 Å². The van der Waals surface area contributed by atoms with E-state index in [-0.39, 0.29) is 15.8 Å². The van der Waals surface area contributed by atoms with E-state index >= 15 is 0 Å². The standard InChI is InChI=1S/C13H13N3O6S2/c1-6-7(9-14-4-5-22-9)23-10-8(6)24(20,21)16(12(19)15-10)13(2,3)11(17)18/h4-5H,1-3H3,(H,15,19)(H,17,18). The van der Waals surface area contributed by atoms with Crippen molar-refractivity contribution in [3.8, 4) is 10.8 Å². The molecule has 11 heteroatoms. The van der Waals surface area contributed by atoms with Gasteiger partial charge in [0, 0.05) is 0 Å². The minimum absolute atomic E-state index is 0.114. The van der Waals surface area contributed by atoms with Crippen LogP contribution in [0, 0.1) is 6.92 Å². The Morgan fingerprint density at radius 1 is 1.46 bits per heavy atom. The molecule has 24 heavy (non-hydrogen) atoms. The third-order valence-corrected chi connectivity index (χ3v) is 7.11. The van der Waals surface area contributed by atoms with Gasteiger partial charge in [0.2, 0.25) is 5.89 Å². The Labute approximate surface area is 141 Å². The molecule has 0 saturated heterocycles. The zero-order chi connectivity index (χ0) is 17.9. The van der Waals surface area contributed by atoms with Gasteiger partial charge < -0.3 is 9.52 Å². The van der Waals surface area contributed by atoms with Crippen LogP contribution in [0.3, 0.4) is 0 Å². The number of urea groups is 1. The predicted octanol–water partition coefficient (Wildman–Crippen LogP) is 2.11. The summed E-state index contributed by atoms with van der Waals surface area (Å²) in [4.78, 5) is 28.0. The molecule has 3 heterocycles. The third kappa shape index (κ3) is 2.12. The molecule has 2 amide bonds. The smallest absolute Gasteiger partial charge is 0.337 e. The van der Waals surface area contributed by atoms with E-state index in [1.54, 1.807) is 6.92 Å². The Bertz CT molecular complexity index is 943. The molecule has 1 aliphatic rings. The number of carbonyl (C=O) groups is 2. The molecule has 3 rings (SSSR count). The number of nitrogens with zero attached hydrogens (tertiary/aromatic N) is 2. The zero-order valence-electron chi connectivity index (χ0n) is 12.9. The summed E-state index contributed by atoms with van der Waals surface area (Å²) in [6.07, 6.45) is 2.76. The number of carboxylic acid groups (broad SMARTS) is 1. The first-order valence-corrected chi connectivity index (χ1v) is 8.97. The molecule has 0 aromatic carbocycles. The predicted molar refractivity (Wildman–Crippen MR) is 84.3 cm³/mol. The molecule has 2 aromatic rings. The van der Waals surface area contributed by atoms with E-state index in [2.05, 4.69) is 10.3 Å². The normalized spacial score (nSPS) is 16.6. The molecular weight excluding hydrogens is 358 g/mol. The van der Waals surface area contributed by atoms with E-state index < -0.39 is 27.6 Å². The monoisotopic (exact) mass is 371 g/mol. The van der Waals surface area contributed by atoms with Crippen LogP contribution in [0.15, 0.2) is 21.8 Å². The summed E-state index contributed by atoms with van der Waals surface area (Å²) in [7, 11) is -4.35. The van der Waals surface area contributed by atoms with E-state index in [1.807, 2.05) is 0 Å². The van der Waals surface area contributed by atoms with Crippen molar-refractivity contribution in [2.24, 2.45) is 0 Å². The van der Waals surface area contributed by atoms with E-state index in [0.29, 0.717) is 14.7 Å². The third-order valence-electron chi connectivity index (χ3n) is 3.65. The van der Waals surface area contributed by atoms with Gasteiger partial charge in [-0.15, -0.1) is 11.3 Å². The molecule has 0 fully saturated rings. The first-order chi connectivity index (χ1) is 11.1. The van der Waals surface area contributed by atoms with E-state index in [0.717, 1.165) is 25.2 Å². The fourth-order valence-electron chi connectivity index (χ4n) is 2.42. The van der Waals surface area contributed by atoms with Gasteiger partial charge in [0.15, 0.2) is 5.54 Å². The number of nitrogens with one attached hydrogen (secondary N) is 1. The van der Waals surface area contributed by atoms with Gasteiger partial charge in [-0.3, -0.25) is 5.32 Å². The van der Waals surface area contributed by atoms with Crippen LogP contribution in [-0.2, 0) is 14.8 Å². The second-order valence-electron chi connectivity index (χ2n) is 5.62. The maximum atomic E-state index is 12.9. The first kappa shape index (κ1) is 16.5. The van der Waals surface area contributed by atoms with Crippen molar-refractivity contribution in [1.29, 1.82) is 0 Å². The van der Waals surface area contributed by atoms with Crippen molar-refractivity contribution >= 4 is 38.4 Å². The minimum Gasteiger partial charge on any atom is -0.479 e. The highest BCUT2D eigenvalue weighted by atomic mass is 32.2. The average Bonchev–Trinajstić information content (AvgIpc) is 3.05. The number of anilines is 1. The number of hydrogen-bond acceptors (Lipinski definition) is 7. The molecule has 0 bridgehead atoms. The first-order valence-electron chi connectivity index (χ1n) is 6.71. The summed E-state index contributed by atoms with van der Waals surface area (Å²) in [6.45, 7) is 3.85. The lowest BCUT2D eigenvalue weighted by Gasteiger charge is -2.36. The molecule has 2 N–H and O–H groups in total. The number of hydrogen-bond donors (Lipinski definition) is 2. The average molecular weight is 371 g/mol. The van der Waals surface area contributed by atoms with Gasteiger partial charge in [0.1, 0.15) is 16.2 Å². The molecule has 0 aliphatic carbocycles. The number of aromatic nitrogens is 1. The quantitative estimate of drug-likeness (QED) is 0.845. The number of amides is 2. The van der Waals surface area contributed by atoms with E-state index in [1.165, 1.54) is 12.5 Å². The summed E-state index contributed by atoms with van der Waals surface area (Å²) in [6, 6.07) is -1.02. The van der Waals surface area contributed by atoms with Crippen LogP contribution in [0.25, 0.3) is 10.8 Å². The van der Waals surface area contributed by atoms with Crippen molar-refractivity contribution in [2.45, 2.75) is 31.2 Å². The summed E-state index contributed by atoms with van der Waals surface area (Å²) in [5.41, 5.74) is -1.61. The maximum Gasteiger partial charge on any atom is 0.337 e. The van der Waals surface area contributed by atoms with Gasteiger partial charge in [-0.05, 0) is 26.3 Å². The Hall–Kier alpha value is -2.40. The lowest BCUT2D eigenvalue weighted by molar-refractivity contribution is -0.145. The van der Waals surface area contributed by atoms with Gasteiger partial charge in [-0.25, -0.2) is 23.0 Å². The van der Waals surface area contributed by atoms with Gasteiger partial charge in [-0.2, -0.15) is 4.31 Å². The number of aliphatic carboxylic acids is 1. The maximum absolute atomic E-state index is 12.9. The molecule has 0 radical (unpaired) electrons. The summed E-state index contributed by atoms with van der Waals surface area (Å²) in [5, 5.41) is 11.9. The zero-order valence-corrected chi connectivity index (χ0v) is 14.5. The SMILES string of the molecule is Cc1c(-c2ncco2)sc2c1S(=O)(=O)N(C(C)(C)C(=O)O)C(=O)N2. The van der Waals surface area contributed by atoms with Crippen LogP contribution in [0.5, 0.6) is 0 Å². The number of thiophene rings is 1. The fourth-order valence-corrected chi connectivity index (χ4v) is 5.86. The van der Waals surface area contributed by atoms with Crippen molar-refractivity contribution in [3.05, 3.63) is 18.0 Å². The molecule has 1 aliphatic heterocycles. The molecule has 9 nitrogen and oxygen atoms in total. The van der Waals surface area contributed by atoms with Gasteiger partial charge in [0.05, 0.1) is 11.1 Å². The van der Waals surface area contributed by atoms with Crippen molar-refractivity contribution in [2.75, 3.05) is 5.32 Å². The number of sulfonamides is 1. The number of oxazole rings is 1. The van der Waals surface area contributed by atoms with Crippen LogP contribution < -0.4 is 5.32 Å². The highest BCUT2D eigenvalue weighted by molar-refractivity contribution is 7.90. The topological polar surface area (TPSA) is 130 Å². The van der Waals surface area contributed by atoms with Crippen molar-refractivity contribution < 1.29 is 27.5 Å². The van der Waals surface area contributed by atoms with Gasteiger partial charge >= 0.3 is 12.0 Å². The Morgan fingerprint density at radius 2 is 2.12 bits per heavy atom. The van der Waals surface area contributed by atoms with Crippen LogP contribution >= 0.6 is 11.3 Å². The van der Waals surface area contributed by atoms with Crippen LogP contribution in [0.4, 0.5) is 9.80 Å². The summed E-state index contributed by atoms with van der Waals surface area (Å²) in [5.74, 6) is -1.22.